The van der Waals surface area contributed by atoms with Crippen molar-refractivity contribution in [2.24, 2.45) is 0 Å². The molecule has 4 rings (SSSR count). The highest BCUT2D eigenvalue weighted by atomic mass is 35.5. The number of aryl methyl sites for hydroxylation is 1. The average molecular weight is 446 g/mol. The van der Waals surface area contributed by atoms with E-state index in [-0.39, 0.29) is 11.5 Å². The molecule has 160 valence electrons. The second-order valence-electron chi connectivity index (χ2n) is 7.20. The maximum absolute atomic E-state index is 12.5. The third-order valence-corrected chi connectivity index (χ3v) is 5.01. The SMILES string of the molecule is Cc1ccc(NC(=O)c2ccc(-n3nc(OCc4ccc(Cl)cc4)ccc3=O)cc2)cc1. The Morgan fingerprint density at radius 3 is 2.31 bits per heavy atom. The van der Waals surface area contributed by atoms with Gasteiger partial charge in [0.2, 0.25) is 5.88 Å². The second kappa shape index (κ2) is 9.49. The molecule has 0 radical (unpaired) electrons. The van der Waals surface area contributed by atoms with E-state index in [0.29, 0.717) is 34.4 Å². The summed E-state index contributed by atoms with van der Waals surface area (Å²) >= 11 is 5.90. The number of hydrogen-bond donors (Lipinski definition) is 1. The maximum Gasteiger partial charge on any atom is 0.271 e. The number of rotatable bonds is 6. The van der Waals surface area contributed by atoms with Gasteiger partial charge in [0, 0.05) is 28.4 Å². The summed E-state index contributed by atoms with van der Waals surface area (Å²) in [5, 5.41) is 7.78. The predicted octanol–water partition coefficient (Wildman–Crippen LogP) is 5.03. The molecule has 0 aliphatic carbocycles. The third-order valence-electron chi connectivity index (χ3n) is 4.76. The predicted molar refractivity (Wildman–Crippen MR) is 125 cm³/mol. The van der Waals surface area contributed by atoms with Gasteiger partial charge in [-0.3, -0.25) is 9.59 Å². The minimum atomic E-state index is -0.305. The lowest BCUT2D eigenvalue weighted by atomic mass is 10.1. The van der Waals surface area contributed by atoms with Crippen molar-refractivity contribution in [3.05, 3.63) is 117 Å². The molecule has 7 heteroatoms. The highest BCUT2D eigenvalue weighted by molar-refractivity contribution is 6.30. The summed E-state index contributed by atoms with van der Waals surface area (Å²) in [6.45, 7) is 2.28. The second-order valence-corrected chi connectivity index (χ2v) is 7.64. The van der Waals surface area contributed by atoms with E-state index >= 15 is 0 Å². The van der Waals surface area contributed by atoms with Gasteiger partial charge in [-0.05, 0) is 61.0 Å². The molecule has 4 aromatic rings. The number of halogens is 1. The molecule has 0 fully saturated rings. The summed E-state index contributed by atoms with van der Waals surface area (Å²) in [7, 11) is 0. The number of hydrogen-bond acceptors (Lipinski definition) is 4. The van der Waals surface area contributed by atoms with Gasteiger partial charge in [0.15, 0.2) is 0 Å². The summed E-state index contributed by atoms with van der Waals surface area (Å²) in [6.07, 6.45) is 0. The Kier molecular flexibility index (Phi) is 6.33. The van der Waals surface area contributed by atoms with Crippen LogP contribution in [0.4, 0.5) is 5.69 Å². The molecule has 6 nitrogen and oxygen atoms in total. The number of amides is 1. The molecule has 0 saturated carbocycles. The highest BCUT2D eigenvalue weighted by Crippen LogP contribution is 2.15. The van der Waals surface area contributed by atoms with Crippen molar-refractivity contribution in [1.29, 1.82) is 0 Å². The van der Waals surface area contributed by atoms with Crippen LogP contribution in [0.1, 0.15) is 21.5 Å². The number of benzene rings is 3. The molecule has 0 atom stereocenters. The summed E-state index contributed by atoms with van der Waals surface area (Å²) in [4.78, 5) is 24.8. The smallest absolute Gasteiger partial charge is 0.271 e. The van der Waals surface area contributed by atoms with Crippen LogP contribution >= 0.6 is 11.6 Å². The van der Waals surface area contributed by atoms with Gasteiger partial charge < -0.3 is 10.1 Å². The van der Waals surface area contributed by atoms with Crippen molar-refractivity contribution in [3.8, 4) is 11.6 Å². The number of ether oxygens (including phenoxy) is 1. The fourth-order valence-electron chi connectivity index (χ4n) is 2.99. The van der Waals surface area contributed by atoms with Crippen molar-refractivity contribution in [3.63, 3.8) is 0 Å². The number of aromatic nitrogens is 2. The molecule has 3 aromatic carbocycles. The fourth-order valence-corrected chi connectivity index (χ4v) is 3.11. The first-order valence-electron chi connectivity index (χ1n) is 9.94. The number of nitrogens with zero attached hydrogens (tertiary/aromatic N) is 2. The van der Waals surface area contributed by atoms with Crippen LogP contribution in [0.3, 0.4) is 0 Å². The summed E-state index contributed by atoms with van der Waals surface area (Å²) in [6, 6.07) is 24.4. The fraction of sp³-hybridized carbons (Fsp3) is 0.0800. The molecule has 0 saturated heterocycles. The Morgan fingerprint density at radius 2 is 1.62 bits per heavy atom. The first-order valence-corrected chi connectivity index (χ1v) is 10.3. The van der Waals surface area contributed by atoms with Crippen molar-refractivity contribution in [2.45, 2.75) is 13.5 Å². The average Bonchev–Trinajstić information content (AvgIpc) is 2.81. The Morgan fingerprint density at radius 1 is 0.938 bits per heavy atom. The van der Waals surface area contributed by atoms with Gasteiger partial charge >= 0.3 is 0 Å². The van der Waals surface area contributed by atoms with Gasteiger partial charge in [0.1, 0.15) is 6.61 Å². The topological polar surface area (TPSA) is 73.2 Å². The Labute approximate surface area is 190 Å². The number of nitrogens with one attached hydrogen (secondary N) is 1. The van der Waals surface area contributed by atoms with Gasteiger partial charge in [-0.1, -0.05) is 41.4 Å². The van der Waals surface area contributed by atoms with E-state index in [2.05, 4.69) is 10.4 Å². The standard InChI is InChI=1S/C25H20ClN3O3/c1-17-2-10-21(11-3-17)27-25(31)19-6-12-22(13-7-19)29-24(30)15-14-23(28-29)32-16-18-4-8-20(26)9-5-18/h2-15H,16H2,1H3,(H,27,31). The quantitative estimate of drug-likeness (QED) is 0.452. The normalized spacial score (nSPS) is 10.6. The monoisotopic (exact) mass is 445 g/mol. The van der Waals surface area contributed by atoms with E-state index in [9.17, 15) is 9.59 Å². The summed E-state index contributed by atoms with van der Waals surface area (Å²) < 4.78 is 6.94. The van der Waals surface area contributed by atoms with E-state index in [0.717, 1.165) is 11.1 Å². The van der Waals surface area contributed by atoms with Crippen LogP contribution in [0, 0.1) is 6.92 Å². The van der Waals surface area contributed by atoms with Crippen molar-refractivity contribution >= 4 is 23.2 Å². The minimum absolute atomic E-state index is 0.235. The largest absolute Gasteiger partial charge is 0.472 e. The van der Waals surface area contributed by atoms with E-state index in [1.807, 2.05) is 43.3 Å². The molecule has 32 heavy (non-hydrogen) atoms. The van der Waals surface area contributed by atoms with Crippen LogP contribution in [0.2, 0.25) is 5.02 Å². The van der Waals surface area contributed by atoms with E-state index in [4.69, 9.17) is 16.3 Å². The molecular formula is C25H20ClN3O3. The highest BCUT2D eigenvalue weighted by Gasteiger charge is 2.09. The first kappa shape index (κ1) is 21.3. The molecule has 0 aliphatic heterocycles. The first-order chi connectivity index (χ1) is 15.5. The number of anilines is 1. The zero-order chi connectivity index (χ0) is 22.5. The lowest BCUT2D eigenvalue weighted by molar-refractivity contribution is 0.102. The Balaban J connectivity index is 1.47. The lowest BCUT2D eigenvalue weighted by Gasteiger charge is -2.10. The summed E-state index contributed by atoms with van der Waals surface area (Å²) in [5.74, 6) is 0.0708. The Hall–Kier alpha value is -3.90. The van der Waals surface area contributed by atoms with Crippen LogP contribution in [-0.4, -0.2) is 15.7 Å². The van der Waals surface area contributed by atoms with E-state index in [1.54, 1.807) is 36.4 Å². The van der Waals surface area contributed by atoms with Crippen LogP contribution in [0.15, 0.2) is 89.7 Å². The molecule has 0 spiro atoms. The molecule has 1 heterocycles. The number of carbonyl (C=O) groups is 1. The molecular weight excluding hydrogens is 426 g/mol. The van der Waals surface area contributed by atoms with Gasteiger partial charge in [-0.25, -0.2) is 0 Å². The molecule has 0 bridgehead atoms. The van der Waals surface area contributed by atoms with Crippen molar-refractivity contribution < 1.29 is 9.53 Å². The minimum Gasteiger partial charge on any atom is -0.472 e. The lowest BCUT2D eigenvalue weighted by Crippen LogP contribution is -2.20. The van der Waals surface area contributed by atoms with Crippen LogP contribution in [0.25, 0.3) is 5.69 Å². The van der Waals surface area contributed by atoms with E-state index < -0.39 is 0 Å². The van der Waals surface area contributed by atoms with Gasteiger partial charge in [0.05, 0.1) is 5.69 Å². The number of carbonyl (C=O) groups excluding carboxylic acids is 1. The van der Waals surface area contributed by atoms with Gasteiger partial charge in [0.25, 0.3) is 11.5 Å². The molecule has 0 aliphatic rings. The van der Waals surface area contributed by atoms with Crippen molar-refractivity contribution in [2.75, 3.05) is 5.32 Å². The van der Waals surface area contributed by atoms with Gasteiger partial charge in [-0.2, -0.15) is 4.68 Å². The molecule has 1 N–H and O–H groups in total. The third kappa shape index (κ3) is 5.22. The zero-order valence-electron chi connectivity index (χ0n) is 17.3. The molecule has 0 unspecified atom stereocenters. The summed E-state index contributed by atoms with van der Waals surface area (Å²) in [5.41, 5.74) is 3.45. The van der Waals surface area contributed by atoms with Crippen LogP contribution < -0.4 is 15.6 Å². The van der Waals surface area contributed by atoms with E-state index in [1.165, 1.54) is 16.8 Å². The van der Waals surface area contributed by atoms with Crippen LogP contribution in [-0.2, 0) is 6.61 Å². The molecule has 1 aromatic heterocycles. The van der Waals surface area contributed by atoms with Crippen molar-refractivity contribution in [1.82, 2.24) is 9.78 Å². The van der Waals surface area contributed by atoms with Gasteiger partial charge in [-0.15, -0.1) is 5.10 Å². The van der Waals surface area contributed by atoms with Crippen LogP contribution in [0.5, 0.6) is 5.88 Å². The Bertz CT molecular complexity index is 1280. The maximum atomic E-state index is 12.5. The zero-order valence-corrected chi connectivity index (χ0v) is 18.0. The molecule has 1 amide bonds.